The molecule has 3 rings (SSSR count). The Kier molecular flexibility index (Phi) is 6.74. The van der Waals surface area contributed by atoms with Gasteiger partial charge in [-0.15, -0.1) is 0 Å². The van der Waals surface area contributed by atoms with E-state index in [0.717, 1.165) is 38.2 Å². The Balaban J connectivity index is 1.43. The molecule has 0 spiro atoms. The molecule has 4 nitrogen and oxygen atoms in total. The summed E-state index contributed by atoms with van der Waals surface area (Å²) in [7, 11) is 0. The van der Waals surface area contributed by atoms with E-state index >= 15 is 0 Å². The Morgan fingerprint density at radius 3 is 2.64 bits per heavy atom. The SMILES string of the molecule is CCOc1cccc(CN2CCC(C(=O)NC3CCCCC3)CC2)c1. The van der Waals surface area contributed by atoms with Crippen LogP contribution in [0.15, 0.2) is 24.3 Å². The lowest BCUT2D eigenvalue weighted by Gasteiger charge is -2.32. The number of nitrogens with zero attached hydrogens (tertiary/aromatic N) is 1. The summed E-state index contributed by atoms with van der Waals surface area (Å²) >= 11 is 0. The maximum Gasteiger partial charge on any atom is 0.223 e. The van der Waals surface area contributed by atoms with E-state index in [9.17, 15) is 4.79 Å². The molecule has 1 aromatic rings. The van der Waals surface area contributed by atoms with Gasteiger partial charge in [-0.25, -0.2) is 0 Å². The minimum atomic E-state index is 0.202. The van der Waals surface area contributed by atoms with E-state index in [1.165, 1.54) is 37.7 Å². The molecule has 1 amide bonds. The lowest BCUT2D eigenvalue weighted by atomic mass is 9.92. The topological polar surface area (TPSA) is 41.6 Å². The van der Waals surface area contributed by atoms with Crippen LogP contribution in [-0.4, -0.2) is 36.5 Å². The summed E-state index contributed by atoms with van der Waals surface area (Å²) in [6.07, 6.45) is 8.15. The summed E-state index contributed by atoms with van der Waals surface area (Å²) in [5.74, 6) is 1.44. The van der Waals surface area contributed by atoms with Gasteiger partial charge in [0.15, 0.2) is 0 Å². The minimum absolute atomic E-state index is 0.202. The van der Waals surface area contributed by atoms with Crippen LogP contribution >= 0.6 is 0 Å². The largest absolute Gasteiger partial charge is 0.494 e. The van der Waals surface area contributed by atoms with Gasteiger partial charge >= 0.3 is 0 Å². The molecule has 0 bridgehead atoms. The number of piperidine rings is 1. The summed E-state index contributed by atoms with van der Waals surface area (Å²) in [4.78, 5) is 15.0. The molecule has 0 unspecified atom stereocenters. The number of carbonyl (C=O) groups is 1. The molecule has 0 atom stereocenters. The highest BCUT2D eigenvalue weighted by atomic mass is 16.5. The Morgan fingerprint density at radius 1 is 1.16 bits per heavy atom. The zero-order valence-corrected chi connectivity index (χ0v) is 15.5. The molecule has 1 aromatic carbocycles. The predicted molar refractivity (Wildman–Crippen MR) is 101 cm³/mol. The minimum Gasteiger partial charge on any atom is -0.494 e. The van der Waals surface area contributed by atoms with E-state index in [2.05, 4.69) is 28.4 Å². The number of amides is 1. The first kappa shape index (κ1) is 18.2. The molecule has 0 radical (unpaired) electrons. The lowest BCUT2D eigenvalue weighted by Crippen LogP contribution is -2.44. The van der Waals surface area contributed by atoms with Crippen LogP contribution in [0.2, 0.25) is 0 Å². The van der Waals surface area contributed by atoms with Gasteiger partial charge in [0, 0.05) is 18.5 Å². The first-order chi connectivity index (χ1) is 12.2. The van der Waals surface area contributed by atoms with Crippen molar-refractivity contribution in [2.45, 2.75) is 64.5 Å². The molecule has 2 aliphatic rings. The molecule has 1 aliphatic carbocycles. The van der Waals surface area contributed by atoms with Gasteiger partial charge in [0.2, 0.25) is 5.91 Å². The first-order valence-corrected chi connectivity index (χ1v) is 9.99. The fourth-order valence-electron chi connectivity index (χ4n) is 4.08. The van der Waals surface area contributed by atoms with Gasteiger partial charge < -0.3 is 10.1 Å². The van der Waals surface area contributed by atoms with Gasteiger partial charge in [-0.05, 0) is 63.4 Å². The van der Waals surface area contributed by atoms with Crippen LogP contribution in [0.25, 0.3) is 0 Å². The second-order valence-corrected chi connectivity index (χ2v) is 7.47. The molecule has 0 aromatic heterocycles. The van der Waals surface area contributed by atoms with Crippen molar-refractivity contribution in [1.29, 1.82) is 0 Å². The molecule has 2 fully saturated rings. The lowest BCUT2D eigenvalue weighted by molar-refractivity contribution is -0.127. The molecule has 4 heteroatoms. The van der Waals surface area contributed by atoms with Crippen LogP contribution in [0.1, 0.15) is 57.4 Å². The Bertz CT molecular complexity index is 547. The monoisotopic (exact) mass is 344 g/mol. The zero-order valence-electron chi connectivity index (χ0n) is 15.5. The highest BCUT2D eigenvalue weighted by Crippen LogP contribution is 2.23. The fraction of sp³-hybridized carbons (Fsp3) is 0.667. The van der Waals surface area contributed by atoms with E-state index in [0.29, 0.717) is 18.6 Å². The van der Waals surface area contributed by atoms with Crippen molar-refractivity contribution in [3.05, 3.63) is 29.8 Å². The van der Waals surface area contributed by atoms with E-state index in [-0.39, 0.29) is 5.92 Å². The average Bonchev–Trinajstić information content (AvgIpc) is 2.64. The Hall–Kier alpha value is -1.55. The maximum absolute atomic E-state index is 12.5. The van der Waals surface area contributed by atoms with Gasteiger partial charge in [0.1, 0.15) is 5.75 Å². The van der Waals surface area contributed by atoms with Crippen LogP contribution in [0.3, 0.4) is 0 Å². The van der Waals surface area contributed by atoms with E-state index in [4.69, 9.17) is 4.74 Å². The van der Waals surface area contributed by atoms with Crippen LogP contribution in [0, 0.1) is 5.92 Å². The highest BCUT2D eigenvalue weighted by Gasteiger charge is 2.26. The van der Waals surface area contributed by atoms with Gasteiger partial charge in [-0.1, -0.05) is 31.4 Å². The van der Waals surface area contributed by atoms with Gasteiger partial charge in [-0.2, -0.15) is 0 Å². The quantitative estimate of drug-likeness (QED) is 0.854. The van der Waals surface area contributed by atoms with Crippen molar-refractivity contribution in [2.24, 2.45) is 5.92 Å². The van der Waals surface area contributed by atoms with Crippen molar-refractivity contribution in [3.63, 3.8) is 0 Å². The van der Waals surface area contributed by atoms with E-state index in [1.54, 1.807) is 0 Å². The number of likely N-dealkylation sites (tertiary alicyclic amines) is 1. The number of carbonyl (C=O) groups excluding carboxylic acids is 1. The smallest absolute Gasteiger partial charge is 0.223 e. The summed E-state index contributed by atoms with van der Waals surface area (Å²) in [6.45, 7) is 5.65. The second kappa shape index (κ2) is 9.23. The molecule has 1 N–H and O–H groups in total. The predicted octanol–water partition coefficient (Wildman–Crippen LogP) is 3.75. The Morgan fingerprint density at radius 2 is 1.92 bits per heavy atom. The van der Waals surface area contributed by atoms with Gasteiger partial charge in [-0.3, -0.25) is 9.69 Å². The molecule has 1 saturated heterocycles. The summed E-state index contributed by atoms with van der Waals surface area (Å²) in [5.41, 5.74) is 1.29. The number of rotatable bonds is 6. The van der Waals surface area contributed by atoms with Crippen molar-refractivity contribution in [1.82, 2.24) is 10.2 Å². The number of benzene rings is 1. The van der Waals surface area contributed by atoms with Crippen LogP contribution in [0.5, 0.6) is 5.75 Å². The third-order valence-electron chi connectivity index (χ3n) is 5.53. The standard InChI is InChI=1S/C21H32N2O2/c1-2-25-20-10-6-7-17(15-20)16-23-13-11-18(12-14-23)21(24)22-19-8-4-3-5-9-19/h6-7,10,15,18-19H,2-5,8-9,11-14,16H2,1H3,(H,22,24). The third-order valence-corrected chi connectivity index (χ3v) is 5.53. The molecule has 25 heavy (non-hydrogen) atoms. The summed E-state index contributed by atoms with van der Waals surface area (Å²) in [5, 5.41) is 3.30. The van der Waals surface area contributed by atoms with Crippen LogP contribution in [-0.2, 0) is 11.3 Å². The number of hydrogen-bond donors (Lipinski definition) is 1. The number of nitrogens with one attached hydrogen (secondary N) is 1. The highest BCUT2D eigenvalue weighted by molar-refractivity contribution is 5.79. The van der Waals surface area contributed by atoms with E-state index in [1.807, 2.05) is 13.0 Å². The molecule has 138 valence electrons. The van der Waals surface area contributed by atoms with Crippen molar-refractivity contribution >= 4 is 5.91 Å². The first-order valence-electron chi connectivity index (χ1n) is 9.99. The number of hydrogen-bond acceptors (Lipinski definition) is 3. The van der Waals surface area contributed by atoms with Gasteiger partial charge in [0.05, 0.1) is 6.61 Å². The molecule has 1 aliphatic heterocycles. The van der Waals surface area contributed by atoms with Crippen LogP contribution in [0.4, 0.5) is 0 Å². The Labute approximate surface area is 151 Å². The molecular formula is C21H32N2O2. The third kappa shape index (κ3) is 5.46. The van der Waals surface area contributed by atoms with Crippen molar-refractivity contribution in [3.8, 4) is 5.75 Å². The molecule has 1 heterocycles. The van der Waals surface area contributed by atoms with Crippen molar-refractivity contribution < 1.29 is 9.53 Å². The summed E-state index contributed by atoms with van der Waals surface area (Å²) in [6, 6.07) is 8.79. The zero-order chi connectivity index (χ0) is 17.5. The van der Waals surface area contributed by atoms with Crippen molar-refractivity contribution in [2.75, 3.05) is 19.7 Å². The fourth-order valence-corrected chi connectivity index (χ4v) is 4.08. The molecule has 1 saturated carbocycles. The molecular weight excluding hydrogens is 312 g/mol. The maximum atomic E-state index is 12.5. The number of ether oxygens (including phenoxy) is 1. The average molecular weight is 344 g/mol. The van der Waals surface area contributed by atoms with Crippen LogP contribution < -0.4 is 10.1 Å². The second-order valence-electron chi connectivity index (χ2n) is 7.47. The normalized spacial score (nSPS) is 20.4. The van der Waals surface area contributed by atoms with Gasteiger partial charge in [0.25, 0.3) is 0 Å². The van der Waals surface area contributed by atoms with E-state index < -0.39 is 0 Å². The summed E-state index contributed by atoms with van der Waals surface area (Å²) < 4.78 is 5.58.